The Bertz CT molecular complexity index is 402. The predicted molar refractivity (Wildman–Crippen MR) is 70.7 cm³/mol. The second-order valence-electron chi connectivity index (χ2n) is 5.04. The van der Waals surface area contributed by atoms with Crippen LogP contribution in [0.5, 0.6) is 0 Å². The number of benzene rings is 1. The van der Waals surface area contributed by atoms with Crippen molar-refractivity contribution in [2.45, 2.75) is 39.2 Å². The van der Waals surface area contributed by atoms with E-state index in [1.807, 2.05) is 24.3 Å². The van der Waals surface area contributed by atoms with Gasteiger partial charge in [-0.15, -0.1) is 0 Å². The largest absolute Gasteiger partial charge is 0.382 e. The summed E-state index contributed by atoms with van der Waals surface area (Å²) in [5, 5.41) is 12.3. The lowest BCUT2D eigenvalue weighted by Crippen LogP contribution is -2.24. The van der Waals surface area contributed by atoms with Gasteiger partial charge in [-0.25, -0.2) is 0 Å². The molecule has 0 saturated heterocycles. The lowest BCUT2D eigenvalue weighted by Gasteiger charge is -2.22. The van der Waals surface area contributed by atoms with Crippen molar-refractivity contribution in [1.82, 2.24) is 0 Å². The Labute approximate surface area is 104 Å². The van der Waals surface area contributed by atoms with Gasteiger partial charge in [0.2, 0.25) is 0 Å². The topological polar surface area (TPSA) is 35.8 Å². The normalized spacial score (nSPS) is 27.7. The second kappa shape index (κ2) is 5.23. The zero-order valence-corrected chi connectivity index (χ0v) is 10.6. The van der Waals surface area contributed by atoms with Gasteiger partial charge in [-0.05, 0) is 48.9 Å². The fourth-order valence-electron chi connectivity index (χ4n) is 2.88. The summed E-state index contributed by atoms with van der Waals surface area (Å²) in [4.78, 5) is 0. The maximum atomic E-state index is 8.75. The van der Waals surface area contributed by atoms with Gasteiger partial charge in [-0.3, -0.25) is 0 Å². The lowest BCUT2D eigenvalue weighted by atomic mass is 9.93. The molecule has 1 aromatic rings. The number of hydrogen-bond acceptors (Lipinski definition) is 2. The van der Waals surface area contributed by atoms with E-state index in [9.17, 15) is 0 Å². The molecule has 0 bridgehead atoms. The van der Waals surface area contributed by atoms with Crippen molar-refractivity contribution in [1.29, 1.82) is 5.26 Å². The molecule has 2 rings (SSSR count). The number of rotatable bonds is 3. The highest BCUT2D eigenvalue weighted by Gasteiger charge is 2.31. The molecule has 90 valence electrons. The molecule has 0 heterocycles. The first kappa shape index (κ1) is 12.0. The van der Waals surface area contributed by atoms with E-state index in [-0.39, 0.29) is 0 Å². The number of nitriles is 1. The fourth-order valence-corrected chi connectivity index (χ4v) is 2.88. The maximum absolute atomic E-state index is 8.75. The molecule has 1 aliphatic rings. The second-order valence-corrected chi connectivity index (χ2v) is 5.04. The molecular formula is C15H20N2. The van der Waals surface area contributed by atoms with Gasteiger partial charge >= 0.3 is 0 Å². The number of nitrogens with one attached hydrogen (secondary N) is 1. The van der Waals surface area contributed by atoms with Crippen LogP contribution in [0.15, 0.2) is 24.3 Å². The summed E-state index contributed by atoms with van der Waals surface area (Å²) >= 11 is 0. The Hall–Kier alpha value is -1.49. The molecule has 1 aliphatic carbocycles. The zero-order valence-electron chi connectivity index (χ0n) is 10.6. The van der Waals surface area contributed by atoms with E-state index in [0.717, 1.165) is 23.1 Å². The van der Waals surface area contributed by atoms with Crippen LogP contribution in [0.3, 0.4) is 0 Å². The van der Waals surface area contributed by atoms with Crippen molar-refractivity contribution in [2.75, 3.05) is 5.32 Å². The number of nitrogens with zero attached hydrogens (tertiary/aromatic N) is 1. The zero-order chi connectivity index (χ0) is 12.3. The van der Waals surface area contributed by atoms with E-state index in [4.69, 9.17) is 5.26 Å². The van der Waals surface area contributed by atoms with Crippen molar-refractivity contribution < 1.29 is 0 Å². The molecular weight excluding hydrogens is 208 g/mol. The van der Waals surface area contributed by atoms with Crippen molar-refractivity contribution in [3.05, 3.63) is 29.8 Å². The van der Waals surface area contributed by atoms with E-state index < -0.39 is 0 Å². The monoisotopic (exact) mass is 228 g/mol. The predicted octanol–water partition coefficient (Wildman–Crippen LogP) is 3.79. The quantitative estimate of drug-likeness (QED) is 0.854. The summed E-state index contributed by atoms with van der Waals surface area (Å²) in [6.45, 7) is 4.63. The summed E-state index contributed by atoms with van der Waals surface area (Å²) in [5.41, 5.74) is 1.86. The molecule has 0 aliphatic heterocycles. The average molecular weight is 228 g/mol. The maximum Gasteiger partial charge on any atom is 0.0991 e. The van der Waals surface area contributed by atoms with Crippen molar-refractivity contribution in [2.24, 2.45) is 11.8 Å². The van der Waals surface area contributed by atoms with Crippen LogP contribution in [0.4, 0.5) is 5.69 Å². The van der Waals surface area contributed by atoms with Gasteiger partial charge in [-0.2, -0.15) is 5.26 Å². The molecule has 1 saturated carbocycles. The van der Waals surface area contributed by atoms with Crippen molar-refractivity contribution in [3.8, 4) is 6.07 Å². The van der Waals surface area contributed by atoms with Crippen LogP contribution >= 0.6 is 0 Å². The van der Waals surface area contributed by atoms with Gasteiger partial charge in [0.1, 0.15) is 0 Å². The van der Waals surface area contributed by atoms with Crippen LogP contribution in [-0.4, -0.2) is 6.04 Å². The third-order valence-electron chi connectivity index (χ3n) is 4.12. The molecule has 2 nitrogen and oxygen atoms in total. The van der Waals surface area contributed by atoms with E-state index >= 15 is 0 Å². The highest BCUT2D eigenvalue weighted by molar-refractivity contribution is 5.48. The highest BCUT2D eigenvalue weighted by Crippen LogP contribution is 2.35. The number of anilines is 1. The first-order valence-electron chi connectivity index (χ1n) is 6.51. The lowest BCUT2D eigenvalue weighted by molar-refractivity contribution is 0.392. The van der Waals surface area contributed by atoms with Crippen LogP contribution in [0.2, 0.25) is 0 Å². The Kier molecular flexibility index (Phi) is 3.68. The van der Waals surface area contributed by atoms with E-state index in [0.29, 0.717) is 6.04 Å². The van der Waals surface area contributed by atoms with Crippen molar-refractivity contribution in [3.63, 3.8) is 0 Å². The Balaban J connectivity index is 1.99. The molecule has 1 aromatic carbocycles. The minimum atomic E-state index is 0.591. The van der Waals surface area contributed by atoms with Crippen LogP contribution in [0, 0.1) is 23.2 Å². The molecule has 3 unspecified atom stereocenters. The number of hydrogen-bond donors (Lipinski definition) is 1. The van der Waals surface area contributed by atoms with E-state index in [2.05, 4.69) is 25.2 Å². The minimum Gasteiger partial charge on any atom is -0.382 e. The fraction of sp³-hybridized carbons (Fsp3) is 0.533. The van der Waals surface area contributed by atoms with Gasteiger partial charge < -0.3 is 5.32 Å². The SMILES string of the molecule is CCC1CCC(Nc2ccc(C#N)cc2)C1C. The summed E-state index contributed by atoms with van der Waals surface area (Å²) in [6.07, 6.45) is 3.89. The molecule has 2 heteroatoms. The molecule has 0 spiro atoms. The average Bonchev–Trinajstić information content (AvgIpc) is 2.71. The summed E-state index contributed by atoms with van der Waals surface area (Å²) in [7, 11) is 0. The van der Waals surface area contributed by atoms with Crippen LogP contribution in [0.25, 0.3) is 0 Å². The van der Waals surface area contributed by atoms with Gasteiger partial charge in [0.25, 0.3) is 0 Å². The van der Waals surface area contributed by atoms with Crippen molar-refractivity contribution >= 4 is 5.69 Å². The molecule has 0 radical (unpaired) electrons. The highest BCUT2D eigenvalue weighted by atomic mass is 14.9. The summed E-state index contributed by atoms with van der Waals surface area (Å²) in [5.74, 6) is 1.61. The molecule has 0 amide bonds. The van der Waals surface area contributed by atoms with Gasteiger partial charge in [0, 0.05) is 11.7 Å². The molecule has 17 heavy (non-hydrogen) atoms. The van der Waals surface area contributed by atoms with E-state index in [1.54, 1.807) is 0 Å². The first-order chi connectivity index (χ1) is 8.24. The Morgan fingerprint density at radius 1 is 1.29 bits per heavy atom. The molecule has 0 aromatic heterocycles. The van der Waals surface area contributed by atoms with Gasteiger partial charge in [0.15, 0.2) is 0 Å². The van der Waals surface area contributed by atoms with E-state index in [1.165, 1.54) is 19.3 Å². The summed E-state index contributed by atoms with van der Waals surface area (Å²) in [6, 6.07) is 10.5. The summed E-state index contributed by atoms with van der Waals surface area (Å²) < 4.78 is 0. The van der Waals surface area contributed by atoms with Gasteiger partial charge in [-0.1, -0.05) is 20.3 Å². The Morgan fingerprint density at radius 2 is 2.00 bits per heavy atom. The van der Waals surface area contributed by atoms with Gasteiger partial charge in [0.05, 0.1) is 11.6 Å². The molecule has 3 atom stereocenters. The third-order valence-corrected chi connectivity index (χ3v) is 4.12. The van der Waals surface area contributed by atoms with Crippen LogP contribution in [0.1, 0.15) is 38.7 Å². The minimum absolute atomic E-state index is 0.591. The molecule has 1 fully saturated rings. The van der Waals surface area contributed by atoms with Crippen LogP contribution in [-0.2, 0) is 0 Å². The smallest absolute Gasteiger partial charge is 0.0991 e. The first-order valence-corrected chi connectivity index (χ1v) is 6.51. The Morgan fingerprint density at radius 3 is 2.53 bits per heavy atom. The standard InChI is InChI=1S/C15H20N2/c1-3-13-6-9-15(11(13)2)17-14-7-4-12(10-16)5-8-14/h4-5,7-8,11,13,15,17H,3,6,9H2,1-2H3. The molecule has 1 N–H and O–H groups in total. The van der Waals surface area contributed by atoms with Crippen LogP contribution < -0.4 is 5.32 Å². The third kappa shape index (κ3) is 2.61.